The zero-order chi connectivity index (χ0) is 19.0. The number of hydrogen-bond donors (Lipinski definition) is 1. The fourth-order valence-electron chi connectivity index (χ4n) is 4.34. The molecule has 1 aromatic heterocycles. The van der Waals surface area contributed by atoms with E-state index < -0.39 is 5.97 Å². The highest BCUT2D eigenvalue weighted by Crippen LogP contribution is 2.41. The standard InChI is InChI=1S/C20H25FN2O3/c1-12-20(14-4-7-16(8-5-14)22(3)13(2)24)17-10-15(21)6-9-18(17)23(12)11-19(25)26/h6,9-10,14,16H,4-5,7-8,11H2,1-3H3,(H,25,26). The summed E-state index contributed by atoms with van der Waals surface area (Å²) >= 11 is 0. The molecule has 1 amide bonds. The lowest BCUT2D eigenvalue weighted by Crippen LogP contribution is -2.37. The topological polar surface area (TPSA) is 62.5 Å². The third kappa shape index (κ3) is 3.32. The molecule has 1 N–H and O–H groups in total. The second-order valence-corrected chi connectivity index (χ2v) is 7.28. The van der Waals surface area contributed by atoms with Gasteiger partial charge in [-0.1, -0.05) is 0 Å². The zero-order valence-corrected chi connectivity index (χ0v) is 15.5. The smallest absolute Gasteiger partial charge is 0.323 e. The lowest BCUT2D eigenvalue weighted by Gasteiger charge is -2.34. The first kappa shape index (κ1) is 18.4. The van der Waals surface area contributed by atoms with Crippen molar-refractivity contribution in [2.75, 3.05) is 7.05 Å². The normalized spacial score (nSPS) is 20.3. The van der Waals surface area contributed by atoms with Crippen LogP contribution in [-0.2, 0) is 16.1 Å². The average Bonchev–Trinajstić information content (AvgIpc) is 2.85. The summed E-state index contributed by atoms with van der Waals surface area (Å²) in [5, 5.41) is 10.1. The van der Waals surface area contributed by atoms with Crippen LogP contribution in [0.2, 0.25) is 0 Å². The summed E-state index contributed by atoms with van der Waals surface area (Å²) in [6, 6.07) is 4.80. The van der Waals surface area contributed by atoms with Gasteiger partial charge >= 0.3 is 5.97 Å². The lowest BCUT2D eigenvalue weighted by atomic mass is 9.80. The molecular formula is C20H25FN2O3. The number of rotatable bonds is 4. The van der Waals surface area contributed by atoms with E-state index in [0.29, 0.717) is 0 Å². The molecule has 0 saturated heterocycles. The third-order valence-electron chi connectivity index (χ3n) is 5.78. The molecule has 1 saturated carbocycles. The molecule has 6 heteroatoms. The Morgan fingerprint density at radius 1 is 1.27 bits per heavy atom. The van der Waals surface area contributed by atoms with Crippen LogP contribution in [0.25, 0.3) is 10.9 Å². The van der Waals surface area contributed by atoms with Gasteiger partial charge in [0.2, 0.25) is 5.91 Å². The summed E-state index contributed by atoms with van der Waals surface area (Å²) in [5.74, 6) is -0.889. The van der Waals surface area contributed by atoms with E-state index in [2.05, 4.69) is 0 Å². The highest BCUT2D eigenvalue weighted by Gasteiger charge is 2.29. The van der Waals surface area contributed by atoms with Gasteiger partial charge in [-0.15, -0.1) is 0 Å². The van der Waals surface area contributed by atoms with Gasteiger partial charge in [0.15, 0.2) is 0 Å². The predicted octanol–water partition coefficient (Wildman–Crippen LogP) is 3.68. The second-order valence-electron chi connectivity index (χ2n) is 7.28. The monoisotopic (exact) mass is 360 g/mol. The number of carboxylic acid groups (broad SMARTS) is 1. The summed E-state index contributed by atoms with van der Waals surface area (Å²) in [6.07, 6.45) is 3.62. The van der Waals surface area contributed by atoms with Gasteiger partial charge in [-0.05, 0) is 62.3 Å². The van der Waals surface area contributed by atoms with Crippen LogP contribution < -0.4 is 0 Å². The van der Waals surface area contributed by atoms with Crippen LogP contribution in [0.3, 0.4) is 0 Å². The van der Waals surface area contributed by atoms with Crippen LogP contribution in [0, 0.1) is 12.7 Å². The molecule has 0 spiro atoms. The van der Waals surface area contributed by atoms with Gasteiger partial charge in [-0.3, -0.25) is 9.59 Å². The molecule has 0 atom stereocenters. The van der Waals surface area contributed by atoms with Crippen LogP contribution in [0.1, 0.15) is 49.8 Å². The van der Waals surface area contributed by atoms with E-state index >= 15 is 0 Å². The van der Waals surface area contributed by atoms with Crippen molar-refractivity contribution in [3.05, 3.63) is 35.3 Å². The SMILES string of the molecule is CC(=O)N(C)C1CCC(c2c(C)n(CC(=O)O)c3ccc(F)cc23)CC1. The molecule has 5 nitrogen and oxygen atoms in total. The van der Waals surface area contributed by atoms with E-state index in [9.17, 15) is 19.1 Å². The van der Waals surface area contributed by atoms with Gasteiger partial charge in [-0.2, -0.15) is 0 Å². The molecule has 3 rings (SSSR count). The Hall–Kier alpha value is -2.37. The summed E-state index contributed by atoms with van der Waals surface area (Å²) < 4.78 is 15.6. The quantitative estimate of drug-likeness (QED) is 0.905. The third-order valence-corrected chi connectivity index (χ3v) is 5.78. The van der Waals surface area contributed by atoms with Crippen molar-refractivity contribution in [2.45, 2.75) is 58.0 Å². The van der Waals surface area contributed by atoms with E-state index in [0.717, 1.165) is 47.8 Å². The molecule has 0 unspecified atom stereocenters. The average molecular weight is 360 g/mol. The van der Waals surface area contributed by atoms with Gasteiger partial charge in [0.05, 0.1) is 0 Å². The highest BCUT2D eigenvalue weighted by molar-refractivity contribution is 5.87. The Labute approximate surface area is 152 Å². The number of hydrogen-bond acceptors (Lipinski definition) is 2. The number of aliphatic carboxylic acids is 1. The minimum atomic E-state index is -0.910. The van der Waals surface area contributed by atoms with Crippen molar-refractivity contribution in [2.24, 2.45) is 0 Å². The van der Waals surface area contributed by atoms with Crippen LogP contribution in [-0.4, -0.2) is 39.5 Å². The number of benzene rings is 1. The Balaban J connectivity index is 1.95. The number of amides is 1. The maximum atomic E-state index is 13.9. The molecule has 1 heterocycles. The molecular weight excluding hydrogens is 335 g/mol. The van der Waals surface area contributed by atoms with Gasteiger partial charge < -0.3 is 14.6 Å². The van der Waals surface area contributed by atoms with Crippen molar-refractivity contribution in [1.29, 1.82) is 0 Å². The van der Waals surface area contributed by atoms with E-state index in [4.69, 9.17) is 0 Å². The van der Waals surface area contributed by atoms with Gasteiger partial charge in [0.1, 0.15) is 12.4 Å². The van der Waals surface area contributed by atoms with E-state index in [1.54, 1.807) is 22.5 Å². The first-order chi connectivity index (χ1) is 12.3. The molecule has 1 fully saturated rings. The van der Waals surface area contributed by atoms with E-state index in [-0.39, 0.29) is 30.2 Å². The Kier molecular flexibility index (Phi) is 5.03. The Bertz CT molecular complexity index is 850. The Morgan fingerprint density at radius 2 is 1.92 bits per heavy atom. The summed E-state index contributed by atoms with van der Waals surface area (Å²) in [6.45, 7) is 3.37. The molecule has 1 aromatic carbocycles. The molecule has 1 aliphatic rings. The van der Waals surface area contributed by atoms with E-state index in [1.807, 2.05) is 14.0 Å². The molecule has 26 heavy (non-hydrogen) atoms. The van der Waals surface area contributed by atoms with Crippen molar-refractivity contribution < 1.29 is 19.1 Å². The summed E-state index contributed by atoms with van der Waals surface area (Å²) in [5.41, 5.74) is 2.73. The van der Waals surface area contributed by atoms with E-state index in [1.165, 1.54) is 12.1 Å². The fraction of sp³-hybridized carbons (Fsp3) is 0.500. The van der Waals surface area contributed by atoms with Crippen LogP contribution >= 0.6 is 0 Å². The van der Waals surface area contributed by atoms with Crippen LogP contribution in [0.15, 0.2) is 18.2 Å². The molecule has 140 valence electrons. The number of halogens is 1. The van der Waals surface area contributed by atoms with Crippen LogP contribution in [0.5, 0.6) is 0 Å². The van der Waals surface area contributed by atoms with Gasteiger partial charge in [-0.25, -0.2) is 4.39 Å². The lowest BCUT2D eigenvalue weighted by molar-refractivity contribution is -0.137. The van der Waals surface area contributed by atoms with Gasteiger partial charge in [0.25, 0.3) is 0 Å². The molecule has 2 aromatic rings. The number of nitrogens with zero attached hydrogens (tertiary/aromatic N) is 2. The molecule has 0 bridgehead atoms. The number of carboxylic acids is 1. The van der Waals surface area contributed by atoms with Gasteiger partial charge in [0, 0.05) is 36.6 Å². The first-order valence-corrected chi connectivity index (χ1v) is 9.03. The fourth-order valence-corrected chi connectivity index (χ4v) is 4.34. The van der Waals surface area contributed by atoms with Crippen LogP contribution in [0.4, 0.5) is 4.39 Å². The van der Waals surface area contributed by atoms with Crippen molar-refractivity contribution in [3.63, 3.8) is 0 Å². The largest absolute Gasteiger partial charge is 0.480 e. The minimum absolute atomic E-state index is 0.0739. The highest BCUT2D eigenvalue weighted by atomic mass is 19.1. The van der Waals surface area contributed by atoms with Crippen molar-refractivity contribution in [3.8, 4) is 0 Å². The predicted molar refractivity (Wildman–Crippen MR) is 97.7 cm³/mol. The number of carbonyl (C=O) groups is 2. The maximum absolute atomic E-state index is 13.9. The number of fused-ring (bicyclic) bond motifs is 1. The summed E-state index contributed by atoms with van der Waals surface area (Å²) in [4.78, 5) is 24.7. The van der Waals surface area contributed by atoms with Crippen molar-refractivity contribution >= 4 is 22.8 Å². The van der Waals surface area contributed by atoms with Crippen molar-refractivity contribution in [1.82, 2.24) is 9.47 Å². The maximum Gasteiger partial charge on any atom is 0.323 e. The molecule has 0 radical (unpaired) electrons. The first-order valence-electron chi connectivity index (χ1n) is 9.03. The summed E-state index contributed by atoms with van der Waals surface area (Å²) in [7, 11) is 1.84. The molecule has 0 aliphatic heterocycles. The Morgan fingerprint density at radius 3 is 2.50 bits per heavy atom. The molecule has 1 aliphatic carbocycles. The second kappa shape index (κ2) is 7.09. The zero-order valence-electron chi connectivity index (χ0n) is 15.5. The number of aromatic nitrogens is 1. The number of carbonyl (C=O) groups excluding carboxylic acids is 1. The minimum Gasteiger partial charge on any atom is -0.480 e.